The van der Waals surface area contributed by atoms with Gasteiger partial charge in [-0.15, -0.1) is 0 Å². The summed E-state index contributed by atoms with van der Waals surface area (Å²) < 4.78 is 10.9. The number of rotatable bonds is 6. The van der Waals surface area contributed by atoms with E-state index in [9.17, 15) is 9.59 Å². The smallest absolute Gasteiger partial charge is 0.274 e. The van der Waals surface area contributed by atoms with Crippen molar-refractivity contribution in [2.75, 3.05) is 80.8 Å². The van der Waals surface area contributed by atoms with E-state index in [-0.39, 0.29) is 11.8 Å². The van der Waals surface area contributed by atoms with Gasteiger partial charge >= 0.3 is 0 Å². The molecule has 0 radical (unpaired) electrons. The number of ether oxygens (including phenoxy) is 2. The maximum Gasteiger partial charge on any atom is 0.274 e. The number of hydrogen-bond donors (Lipinski definition) is 1. The molecular weight excluding hydrogens is 494 g/mol. The minimum Gasteiger partial charge on any atom is -0.378 e. The van der Waals surface area contributed by atoms with Crippen LogP contribution >= 0.6 is 0 Å². The number of hydrogen-bond acceptors (Lipinski definition) is 7. The number of nitrogens with one attached hydrogen (secondary N) is 1. The highest BCUT2D eigenvalue weighted by atomic mass is 16.5. The van der Waals surface area contributed by atoms with Gasteiger partial charge in [0.05, 0.1) is 37.8 Å². The van der Waals surface area contributed by atoms with Crippen LogP contribution in [-0.4, -0.2) is 87.3 Å². The highest BCUT2D eigenvalue weighted by Crippen LogP contribution is 2.28. The molecule has 0 aromatic heterocycles. The Morgan fingerprint density at radius 1 is 0.538 bits per heavy atom. The van der Waals surface area contributed by atoms with Crippen LogP contribution in [0.5, 0.6) is 0 Å². The molecule has 0 bridgehead atoms. The second-order valence-electron chi connectivity index (χ2n) is 10.1. The van der Waals surface area contributed by atoms with Gasteiger partial charge in [0.2, 0.25) is 0 Å². The largest absolute Gasteiger partial charge is 0.378 e. The van der Waals surface area contributed by atoms with Gasteiger partial charge in [0, 0.05) is 62.0 Å². The van der Waals surface area contributed by atoms with Gasteiger partial charge < -0.3 is 34.4 Å². The fraction of sp³-hybridized carbons (Fsp3) is 0.400. The second-order valence-corrected chi connectivity index (χ2v) is 10.1. The van der Waals surface area contributed by atoms with E-state index in [0.29, 0.717) is 39.5 Å². The molecular formula is C30H35N5O4. The summed E-state index contributed by atoms with van der Waals surface area (Å²) in [5.41, 5.74) is 5.23. The summed E-state index contributed by atoms with van der Waals surface area (Å²) >= 11 is 0. The van der Waals surface area contributed by atoms with Crippen LogP contribution in [-0.2, 0) is 19.1 Å². The average Bonchev–Trinajstić information content (AvgIpc) is 2.99. The van der Waals surface area contributed by atoms with E-state index >= 15 is 0 Å². The maximum atomic E-state index is 13.2. The Kier molecular flexibility index (Phi) is 7.51. The molecule has 0 saturated carbocycles. The Labute approximate surface area is 229 Å². The normalized spacial score (nSPS) is 20.6. The Bertz CT molecular complexity index is 1150. The first-order chi connectivity index (χ1) is 19.2. The van der Waals surface area contributed by atoms with E-state index in [1.165, 1.54) is 0 Å². The van der Waals surface area contributed by atoms with E-state index in [1.54, 1.807) is 0 Å². The highest BCUT2D eigenvalue weighted by Gasteiger charge is 2.29. The molecule has 0 aliphatic carbocycles. The van der Waals surface area contributed by atoms with E-state index in [4.69, 9.17) is 9.47 Å². The first-order valence-corrected chi connectivity index (χ1v) is 13.8. The Balaban J connectivity index is 1.08. The molecule has 0 unspecified atom stereocenters. The van der Waals surface area contributed by atoms with Gasteiger partial charge in [0.15, 0.2) is 0 Å². The minimum atomic E-state index is 0.0540. The summed E-state index contributed by atoms with van der Waals surface area (Å²) in [5.74, 6) is 0.108. The number of benzene rings is 2. The van der Waals surface area contributed by atoms with E-state index in [1.807, 2.05) is 58.3 Å². The van der Waals surface area contributed by atoms with E-state index in [2.05, 4.69) is 27.3 Å². The van der Waals surface area contributed by atoms with Crippen molar-refractivity contribution in [3.63, 3.8) is 0 Å². The molecule has 4 aliphatic rings. The lowest BCUT2D eigenvalue weighted by Gasteiger charge is -2.35. The summed E-state index contributed by atoms with van der Waals surface area (Å²) in [4.78, 5) is 34.4. The quantitative estimate of drug-likeness (QED) is 0.615. The number of anilines is 4. The number of amides is 2. The lowest BCUT2D eigenvalue weighted by Crippen LogP contribution is -2.45. The van der Waals surface area contributed by atoms with Crippen LogP contribution in [0.15, 0.2) is 72.1 Å². The summed E-state index contributed by atoms with van der Waals surface area (Å²) in [6.45, 7) is 7.02. The van der Waals surface area contributed by atoms with Crippen LogP contribution in [0.4, 0.5) is 22.7 Å². The SMILES string of the molecule is O=C1C(N2CCOCC2)=CCCN1c1ccc(Nc2ccc(N3CCC=C(N4CCOCC4)C3=O)cc2)cc1. The van der Waals surface area contributed by atoms with Crippen LogP contribution in [0.25, 0.3) is 0 Å². The van der Waals surface area contributed by atoms with Gasteiger partial charge in [0.1, 0.15) is 0 Å². The van der Waals surface area contributed by atoms with Gasteiger partial charge in [-0.05, 0) is 61.4 Å². The summed E-state index contributed by atoms with van der Waals surface area (Å²) in [5, 5.41) is 3.43. The zero-order valence-electron chi connectivity index (χ0n) is 22.2. The minimum absolute atomic E-state index is 0.0540. The third-order valence-electron chi connectivity index (χ3n) is 7.66. The molecule has 6 rings (SSSR count). The molecule has 2 fully saturated rings. The zero-order valence-corrected chi connectivity index (χ0v) is 22.2. The molecule has 9 nitrogen and oxygen atoms in total. The van der Waals surface area contributed by atoms with Crippen LogP contribution in [0.1, 0.15) is 12.8 Å². The lowest BCUT2D eigenvalue weighted by molar-refractivity contribution is -0.118. The van der Waals surface area contributed by atoms with Gasteiger partial charge in [-0.3, -0.25) is 9.59 Å². The van der Waals surface area contributed by atoms with Crippen LogP contribution in [0.2, 0.25) is 0 Å². The van der Waals surface area contributed by atoms with Crippen molar-refractivity contribution >= 4 is 34.6 Å². The third-order valence-corrected chi connectivity index (χ3v) is 7.66. The Morgan fingerprint density at radius 2 is 0.923 bits per heavy atom. The lowest BCUT2D eigenvalue weighted by atomic mass is 10.1. The average molecular weight is 530 g/mol. The van der Waals surface area contributed by atoms with Crippen molar-refractivity contribution in [3.05, 3.63) is 72.1 Å². The van der Waals surface area contributed by atoms with Crippen LogP contribution in [0, 0.1) is 0 Å². The van der Waals surface area contributed by atoms with Crippen LogP contribution in [0.3, 0.4) is 0 Å². The number of nitrogens with zero attached hydrogens (tertiary/aromatic N) is 4. The molecule has 2 aromatic carbocycles. The molecule has 4 heterocycles. The van der Waals surface area contributed by atoms with E-state index < -0.39 is 0 Å². The van der Waals surface area contributed by atoms with Gasteiger partial charge in [-0.2, -0.15) is 0 Å². The van der Waals surface area contributed by atoms with E-state index in [0.717, 1.165) is 73.2 Å². The molecule has 2 saturated heterocycles. The molecule has 2 amide bonds. The first kappa shape index (κ1) is 25.5. The maximum absolute atomic E-state index is 13.2. The molecule has 1 N–H and O–H groups in total. The third kappa shape index (κ3) is 5.51. The van der Waals surface area contributed by atoms with Crippen molar-refractivity contribution in [3.8, 4) is 0 Å². The van der Waals surface area contributed by atoms with Crippen molar-refractivity contribution < 1.29 is 19.1 Å². The summed E-state index contributed by atoms with van der Waals surface area (Å²) in [6, 6.07) is 15.9. The Morgan fingerprint density at radius 3 is 1.31 bits per heavy atom. The number of morpholine rings is 2. The zero-order chi connectivity index (χ0) is 26.6. The fourth-order valence-electron chi connectivity index (χ4n) is 5.56. The topological polar surface area (TPSA) is 77.6 Å². The first-order valence-electron chi connectivity index (χ1n) is 13.8. The van der Waals surface area contributed by atoms with Crippen molar-refractivity contribution in [1.29, 1.82) is 0 Å². The van der Waals surface area contributed by atoms with Gasteiger partial charge in [-0.25, -0.2) is 0 Å². The van der Waals surface area contributed by atoms with Crippen LogP contribution < -0.4 is 15.1 Å². The number of carbonyl (C=O) groups excluding carboxylic acids is 2. The fourth-order valence-corrected chi connectivity index (χ4v) is 5.56. The van der Waals surface area contributed by atoms with Crippen molar-refractivity contribution in [1.82, 2.24) is 9.80 Å². The molecule has 39 heavy (non-hydrogen) atoms. The molecule has 9 heteroatoms. The molecule has 204 valence electrons. The van der Waals surface area contributed by atoms with Crippen molar-refractivity contribution in [2.24, 2.45) is 0 Å². The predicted octanol–water partition coefficient (Wildman–Crippen LogP) is 3.34. The van der Waals surface area contributed by atoms with Gasteiger partial charge in [-0.1, -0.05) is 12.2 Å². The second kappa shape index (κ2) is 11.5. The predicted molar refractivity (Wildman–Crippen MR) is 151 cm³/mol. The molecule has 0 spiro atoms. The summed E-state index contributed by atoms with van der Waals surface area (Å²) in [6.07, 6.45) is 5.80. The van der Waals surface area contributed by atoms with Crippen molar-refractivity contribution in [2.45, 2.75) is 12.8 Å². The molecule has 2 aromatic rings. The molecule has 4 aliphatic heterocycles. The summed E-state index contributed by atoms with van der Waals surface area (Å²) in [7, 11) is 0. The van der Waals surface area contributed by atoms with Gasteiger partial charge in [0.25, 0.3) is 11.8 Å². The number of carbonyl (C=O) groups is 2. The molecule has 0 atom stereocenters. The monoisotopic (exact) mass is 529 g/mol. The standard InChI is InChI=1S/C30H35N5O4/c36-29-27(32-15-19-38-20-16-32)3-1-13-34(29)25-9-5-23(6-10-25)31-24-7-11-26(12-8-24)35-14-2-4-28(30(35)37)33-17-21-39-22-18-33/h3-12,31H,1-2,13-22H2. The highest BCUT2D eigenvalue weighted by molar-refractivity contribution is 6.06. The Hall–Kier alpha value is -3.82.